The fraction of sp³-hybridized carbons (Fsp3) is 0.533. The summed E-state index contributed by atoms with van der Waals surface area (Å²) in [6.45, 7) is 2.15. The standard InChI is InChI=1S/C15H18BrNO4/c1-10-4-6-15(7-5-10,14(18)19)9-11-2-3-12(17(20)21)8-13(11)16/h2-3,8,10H,4-7,9H2,1H3,(H,18,19). The molecule has 1 aromatic rings. The number of nitro groups is 1. The van der Waals surface area contributed by atoms with Crippen molar-refractivity contribution in [3.8, 4) is 0 Å². The highest BCUT2D eigenvalue weighted by Gasteiger charge is 2.41. The number of aliphatic carboxylic acids is 1. The molecule has 0 bridgehead atoms. The summed E-state index contributed by atoms with van der Waals surface area (Å²) < 4.78 is 0.607. The third-order valence-electron chi connectivity index (χ3n) is 4.46. The zero-order valence-electron chi connectivity index (χ0n) is 11.8. The van der Waals surface area contributed by atoms with Gasteiger partial charge in [0.25, 0.3) is 5.69 Å². The second-order valence-electron chi connectivity index (χ2n) is 5.98. The maximum Gasteiger partial charge on any atom is 0.309 e. The molecule has 0 aromatic heterocycles. The Balaban J connectivity index is 2.26. The van der Waals surface area contributed by atoms with Crippen LogP contribution in [-0.4, -0.2) is 16.0 Å². The molecule has 0 spiro atoms. The molecule has 0 aliphatic heterocycles. The van der Waals surface area contributed by atoms with Crippen molar-refractivity contribution in [2.24, 2.45) is 11.3 Å². The molecule has 1 N–H and O–H groups in total. The predicted octanol–water partition coefficient (Wildman–Crippen LogP) is 4.18. The fourth-order valence-corrected chi connectivity index (χ4v) is 3.45. The lowest BCUT2D eigenvalue weighted by Crippen LogP contribution is -2.37. The van der Waals surface area contributed by atoms with Crippen molar-refractivity contribution < 1.29 is 14.8 Å². The maximum absolute atomic E-state index is 11.8. The minimum Gasteiger partial charge on any atom is -0.481 e. The Kier molecular flexibility index (Phi) is 4.66. The highest BCUT2D eigenvalue weighted by atomic mass is 79.9. The van der Waals surface area contributed by atoms with Gasteiger partial charge in [-0.25, -0.2) is 0 Å². The number of carboxylic acids is 1. The molecule has 21 heavy (non-hydrogen) atoms. The first-order chi connectivity index (χ1) is 9.84. The topological polar surface area (TPSA) is 80.4 Å². The van der Waals surface area contributed by atoms with Crippen LogP contribution in [0.5, 0.6) is 0 Å². The van der Waals surface area contributed by atoms with Gasteiger partial charge in [-0.2, -0.15) is 0 Å². The van der Waals surface area contributed by atoms with Gasteiger partial charge < -0.3 is 5.11 Å². The molecule has 1 fully saturated rings. The lowest BCUT2D eigenvalue weighted by molar-refractivity contribution is -0.384. The summed E-state index contributed by atoms with van der Waals surface area (Å²) >= 11 is 3.33. The molecule has 1 aromatic carbocycles. The first-order valence-corrected chi connectivity index (χ1v) is 7.79. The zero-order valence-corrected chi connectivity index (χ0v) is 13.4. The van der Waals surface area contributed by atoms with E-state index in [0.717, 1.165) is 18.4 Å². The number of hydrogen-bond acceptors (Lipinski definition) is 3. The number of carboxylic acid groups (broad SMARTS) is 1. The molecule has 0 heterocycles. The summed E-state index contributed by atoms with van der Waals surface area (Å²) in [5.41, 5.74) is 0.0790. The van der Waals surface area contributed by atoms with Gasteiger partial charge in [-0.15, -0.1) is 0 Å². The second kappa shape index (κ2) is 6.13. The van der Waals surface area contributed by atoms with E-state index in [9.17, 15) is 20.0 Å². The van der Waals surface area contributed by atoms with E-state index in [1.165, 1.54) is 12.1 Å². The fourth-order valence-electron chi connectivity index (χ4n) is 2.94. The third kappa shape index (κ3) is 3.43. The highest BCUT2D eigenvalue weighted by Crippen LogP contribution is 2.43. The van der Waals surface area contributed by atoms with E-state index in [0.29, 0.717) is 29.7 Å². The number of carbonyl (C=O) groups is 1. The number of nitro benzene ring substituents is 1. The Bertz CT molecular complexity index is 565. The van der Waals surface area contributed by atoms with Crippen molar-refractivity contribution in [1.29, 1.82) is 0 Å². The van der Waals surface area contributed by atoms with Crippen LogP contribution in [0.4, 0.5) is 5.69 Å². The van der Waals surface area contributed by atoms with E-state index >= 15 is 0 Å². The van der Waals surface area contributed by atoms with E-state index in [-0.39, 0.29) is 5.69 Å². The molecule has 0 unspecified atom stereocenters. The van der Waals surface area contributed by atoms with Gasteiger partial charge in [-0.3, -0.25) is 14.9 Å². The second-order valence-corrected chi connectivity index (χ2v) is 6.83. The van der Waals surface area contributed by atoms with Crippen molar-refractivity contribution >= 4 is 27.6 Å². The molecule has 0 radical (unpaired) electrons. The minimum atomic E-state index is -0.764. The van der Waals surface area contributed by atoms with Crippen LogP contribution in [0.2, 0.25) is 0 Å². The van der Waals surface area contributed by atoms with Crippen LogP contribution < -0.4 is 0 Å². The number of hydrogen-bond donors (Lipinski definition) is 1. The molecule has 6 heteroatoms. The van der Waals surface area contributed by atoms with Crippen molar-refractivity contribution in [2.45, 2.75) is 39.0 Å². The van der Waals surface area contributed by atoms with E-state index in [1.54, 1.807) is 6.07 Å². The van der Waals surface area contributed by atoms with Crippen LogP contribution >= 0.6 is 15.9 Å². The maximum atomic E-state index is 11.8. The van der Waals surface area contributed by atoms with Crippen LogP contribution in [-0.2, 0) is 11.2 Å². The number of rotatable bonds is 4. The van der Waals surface area contributed by atoms with Gasteiger partial charge >= 0.3 is 5.97 Å². The smallest absolute Gasteiger partial charge is 0.309 e. The number of benzene rings is 1. The highest BCUT2D eigenvalue weighted by molar-refractivity contribution is 9.10. The summed E-state index contributed by atoms with van der Waals surface area (Å²) in [5, 5.41) is 20.4. The first-order valence-electron chi connectivity index (χ1n) is 7.00. The quantitative estimate of drug-likeness (QED) is 0.648. The van der Waals surface area contributed by atoms with Gasteiger partial charge in [0.15, 0.2) is 0 Å². The summed E-state index contributed by atoms with van der Waals surface area (Å²) in [6.07, 6.45) is 3.56. The summed E-state index contributed by atoms with van der Waals surface area (Å²) in [6, 6.07) is 4.53. The SMILES string of the molecule is CC1CCC(Cc2ccc([N+](=O)[O-])cc2Br)(C(=O)O)CC1. The molecule has 0 saturated heterocycles. The van der Waals surface area contributed by atoms with Crippen molar-refractivity contribution in [1.82, 2.24) is 0 Å². The molecule has 1 aliphatic carbocycles. The van der Waals surface area contributed by atoms with Gasteiger partial charge in [-0.05, 0) is 43.6 Å². The monoisotopic (exact) mass is 355 g/mol. The van der Waals surface area contributed by atoms with Gasteiger partial charge in [0.1, 0.15) is 0 Å². The lowest BCUT2D eigenvalue weighted by atomic mass is 9.68. The van der Waals surface area contributed by atoms with Gasteiger partial charge in [0, 0.05) is 16.6 Å². The average Bonchev–Trinajstić information content (AvgIpc) is 2.43. The zero-order chi connectivity index (χ0) is 15.6. The largest absolute Gasteiger partial charge is 0.481 e. The molecular formula is C15H18BrNO4. The van der Waals surface area contributed by atoms with E-state index in [1.807, 2.05) is 0 Å². The molecular weight excluding hydrogens is 338 g/mol. The summed E-state index contributed by atoms with van der Waals surface area (Å²) in [7, 11) is 0. The van der Waals surface area contributed by atoms with Crippen LogP contribution in [0.15, 0.2) is 22.7 Å². The van der Waals surface area contributed by atoms with Crippen LogP contribution in [0.25, 0.3) is 0 Å². The molecule has 114 valence electrons. The van der Waals surface area contributed by atoms with Crippen molar-refractivity contribution in [3.63, 3.8) is 0 Å². The number of non-ortho nitro benzene ring substituents is 1. The first kappa shape index (κ1) is 15.9. The Morgan fingerprint density at radius 1 is 1.48 bits per heavy atom. The third-order valence-corrected chi connectivity index (χ3v) is 5.20. The molecule has 1 aliphatic rings. The van der Waals surface area contributed by atoms with Gasteiger partial charge in [-0.1, -0.05) is 28.9 Å². The molecule has 2 rings (SSSR count). The normalized spacial score (nSPS) is 25.5. The number of halogens is 1. The summed E-state index contributed by atoms with van der Waals surface area (Å²) in [4.78, 5) is 22.0. The summed E-state index contributed by atoms with van der Waals surface area (Å²) in [5.74, 6) is -0.197. The van der Waals surface area contributed by atoms with E-state index in [4.69, 9.17) is 0 Å². The van der Waals surface area contributed by atoms with Gasteiger partial charge in [0.05, 0.1) is 10.3 Å². The predicted molar refractivity (Wildman–Crippen MR) is 82.2 cm³/mol. The van der Waals surface area contributed by atoms with Gasteiger partial charge in [0.2, 0.25) is 0 Å². The lowest BCUT2D eigenvalue weighted by Gasteiger charge is -2.36. The minimum absolute atomic E-state index is 0.00673. The van der Waals surface area contributed by atoms with Crippen molar-refractivity contribution in [2.75, 3.05) is 0 Å². The Labute approximate surface area is 131 Å². The molecule has 0 amide bonds. The Hall–Kier alpha value is -1.43. The van der Waals surface area contributed by atoms with Crippen molar-refractivity contribution in [3.05, 3.63) is 38.3 Å². The van der Waals surface area contributed by atoms with Crippen LogP contribution in [0, 0.1) is 21.4 Å². The number of nitrogens with zero attached hydrogens (tertiary/aromatic N) is 1. The Morgan fingerprint density at radius 2 is 2.10 bits per heavy atom. The van der Waals surface area contributed by atoms with E-state index < -0.39 is 16.3 Å². The molecule has 1 saturated carbocycles. The van der Waals surface area contributed by atoms with Crippen LogP contribution in [0.3, 0.4) is 0 Å². The molecule has 0 atom stereocenters. The molecule has 5 nitrogen and oxygen atoms in total. The average molecular weight is 356 g/mol. The van der Waals surface area contributed by atoms with E-state index in [2.05, 4.69) is 22.9 Å². The Morgan fingerprint density at radius 3 is 2.57 bits per heavy atom. The van der Waals surface area contributed by atoms with Crippen LogP contribution in [0.1, 0.15) is 38.2 Å².